The van der Waals surface area contributed by atoms with Gasteiger partial charge < -0.3 is 5.32 Å². The minimum Gasteiger partial charge on any atom is -0.349 e. The van der Waals surface area contributed by atoms with E-state index in [0.29, 0.717) is 22.0 Å². The average molecular weight is 520 g/mol. The summed E-state index contributed by atoms with van der Waals surface area (Å²) < 4.78 is 30.9. The van der Waals surface area contributed by atoms with Gasteiger partial charge in [0.2, 0.25) is 5.91 Å². The zero-order valence-corrected chi connectivity index (χ0v) is 21.1. The van der Waals surface area contributed by atoms with Crippen LogP contribution in [0.5, 0.6) is 0 Å². The lowest BCUT2D eigenvalue weighted by atomic mass is 10.1. The van der Waals surface area contributed by atoms with E-state index >= 15 is 0 Å². The maximum Gasteiger partial charge on any atom is 0.268 e. The molecule has 3 aromatic heterocycles. The summed E-state index contributed by atoms with van der Waals surface area (Å²) in [6.45, 7) is 5.28. The second kappa shape index (κ2) is 9.70. The highest BCUT2D eigenvalue weighted by atomic mass is 32.1. The molecular weight excluding hydrogens is 496 g/mol. The van der Waals surface area contributed by atoms with Crippen LogP contribution in [0.3, 0.4) is 0 Å². The Bertz CT molecular complexity index is 1690. The topological polar surface area (TPSA) is 81.3 Å². The van der Waals surface area contributed by atoms with Crippen molar-refractivity contribution in [3.05, 3.63) is 105 Å². The number of hydrogen-bond acceptors (Lipinski definition) is 5. The van der Waals surface area contributed by atoms with Gasteiger partial charge in [0, 0.05) is 22.8 Å². The summed E-state index contributed by atoms with van der Waals surface area (Å²) in [6, 6.07) is 14.1. The molecule has 188 valence electrons. The molecule has 0 aliphatic heterocycles. The summed E-state index contributed by atoms with van der Waals surface area (Å²) in [7, 11) is 0. The number of fused-ring (bicyclic) bond motifs is 1. The Hall–Kier alpha value is -4.18. The molecule has 0 saturated heterocycles. The summed E-state index contributed by atoms with van der Waals surface area (Å²) >= 11 is 1.27. The van der Waals surface area contributed by atoms with Crippen LogP contribution >= 0.6 is 11.3 Å². The van der Waals surface area contributed by atoms with Crippen LogP contribution in [0.2, 0.25) is 0 Å². The van der Waals surface area contributed by atoms with E-state index in [2.05, 4.69) is 15.4 Å². The minimum atomic E-state index is -0.642. The third kappa shape index (κ3) is 4.67. The predicted octanol–water partition coefficient (Wildman–Crippen LogP) is 4.92. The number of hydrogen-bond donors (Lipinski definition) is 1. The zero-order chi connectivity index (χ0) is 26.3. The van der Waals surface area contributed by atoms with Crippen LogP contribution in [0.15, 0.2) is 64.8 Å². The van der Waals surface area contributed by atoms with Crippen molar-refractivity contribution in [2.24, 2.45) is 0 Å². The van der Waals surface area contributed by atoms with Gasteiger partial charge in [0.25, 0.3) is 5.56 Å². The molecule has 1 N–H and O–H groups in total. The van der Waals surface area contributed by atoms with Gasteiger partial charge in [-0.3, -0.25) is 14.0 Å². The molecule has 10 heteroatoms. The normalized spacial score (nSPS) is 12.1. The number of nitrogens with one attached hydrogen (secondary N) is 1. The van der Waals surface area contributed by atoms with Gasteiger partial charge in [-0.15, -0.1) is 11.3 Å². The molecule has 5 rings (SSSR count). The molecule has 5 aromatic rings. The van der Waals surface area contributed by atoms with Crippen LogP contribution in [0.4, 0.5) is 8.78 Å². The second-order valence-corrected chi connectivity index (χ2v) is 9.61. The largest absolute Gasteiger partial charge is 0.349 e. The van der Waals surface area contributed by atoms with E-state index in [1.807, 2.05) is 37.3 Å². The first-order valence-corrected chi connectivity index (χ1v) is 12.5. The maximum atomic E-state index is 14.4. The van der Waals surface area contributed by atoms with Crippen LogP contribution in [0.25, 0.3) is 21.9 Å². The Kier molecular flexibility index (Phi) is 6.43. The molecule has 37 heavy (non-hydrogen) atoms. The van der Waals surface area contributed by atoms with Crippen LogP contribution < -0.4 is 10.9 Å². The van der Waals surface area contributed by atoms with Gasteiger partial charge >= 0.3 is 0 Å². The Labute approximate surface area is 215 Å². The van der Waals surface area contributed by atoms with Crippen molar-refractivity contribution < 1.29 is 13.6 Å². The molecule has 7 nitrogen and oxygen atoms in total. The SMILES string of the molecule is Cc1nc2scc(CC(=O)N[C@H](C)c3ccccc3)n2c(=O)c1-c1cc(C)n(-c2cc(F)ccc2F)n1. The summed E-state index contributed by atoms with van der Waals surface area (Å²) in [5, 5.41) is 9.11. The van der Waals surface area contributed by atoms with Crippen molar-refractivity contribution in [1.29, 1.82) is 0 Å². The number of aryl methyl sites for hydroxylation is 2. The number of rotatable bonds is 6. The van der Waals surface area contributed by atoms with E-state index in [1.165, 1.54) is 20.4 Å². The molecule has 1 amide bonds. The first-order valence-electron chi connectivity index (χ1n) is 11.6. The Morgan fingerprint density at radius 3 is 2.62 bits per heavy atom. The highest BCUT2D eigenvalue weighted by Gasteiger charge is 2.21. The monoisotopic (exact) mass is 519 g/mol. The second-order valence-electron chi connectivity index (χ2n) is 8.78. The fourth-order valence-electron chi connectivity index (χ4n) is 4.29. The van der Waals surface area contributed by atoms with Gasteiger partial charge in [-0.1, -0.05) is 30.3 Å². The lowest BCUT2D eigenvalue weighted by molar-refractivity contribution is -0.121. The van der Waals surface area contributed by atoms with Crippen molar-refractivity contribution in [2.45, 2.75) is 33.2 Å². The molecule has 0 saturated carbocycles. The van der Waals surface area contributed by atoms with E-state index in [0.717, 1.165) is 23.8 Å². The Balaban J connectivity index is 1.50. The molecule has 3 heterocycles. The molecule has 0 fully saturated rings. The van der Waals surface area contributed by atoms with Crippen molar-refractivity contribution in [3.63, 3.8) is 0 Å². The molecule has 0 spiro atoms. The van der Waals surface area contributed by atoms with Crippen molar-refractivity contribution in [2.75, 3.05) is 0 Å². The molecule has 0 bridgehead atoms. The summed E-state index contributed by atoms with van der Waals surface area (Å²) in [5.41, 5.74) is 2.52. The number of nitrogens with zero attached hydrogens (tertiary/aromatic N) is 4. The summed E-state index contributed by atoms with van der Waals surface area (Å²) in [4.78, 5) is 31.5. The van der Waals surface area contributed by atoms with E-state index in [-0.39, 0.29) is 40.9 Å². The number of carbonyl (C=O) groups excluding carboxylic acids is 1. The number of aromatic nitrogens is 4. The van der Waals surface area contributed by atoms with Gasteiger partial charge in [-0.05, 0) is 44.5 Å². The van der Waals surface area contributed by atoms with E-state index in [9.17, 15) is 18.4 Å². The first-order chi connectivity index (χ1) is 17.7. The zero-order valence-electron chi connectivity index (χ0n) is 20.3. The van der Waals surface area contributed by atoms with Crippen LogP contribution in [-0.2, 0) is 11.2 Å². The number of carbonyl (C=O) groups is 1. The third-order valence-electron chi connectivity index (χ3n) is 6.12. The lowest BCUT2D eigenvalue weighted by Crippen LogP contribution is -2.29. The molecule has 0 radical (unpaired) electrons. The fourth-order valence-corrected chi connectivity index (χ4v) is 5.22. The van der Waals surface area contributed by atoms with Crippen molar-refractivity contribution >= 4 is 22.2 Å². The minimum absolute atomic E-state index is 0.0107. The first kappa shape index (κ1) is 24.5. The number of thiazole rings is 1. The van der Waals surface area contributed by atoms with Gasteiger partial charge in [0.05, 0.1) is 23.7 Å². The molecule has 0 unspecified atom stereocenters. The van der Waals surface area contributed by atoms with Gasteiger partial charge in [-0.25, -0.2) is 18.4 Å². The predicted molar refractivity (Wildman–Crippen MR) is 138 cm³/mol. The Morgan fingerprint density at radius 1 is 1.11 bits per heavy atom. The van der Waals surface area contributed by atoms with E-state index in [1.54, 1.807) is 25.3 Å². The molecule has 2 aromatic carbocycles. The molecular formula is C27H23F2N5O2S. The van der Waals surface area contributed by atoms with Crippen LogP contribution in [0.1, 0.15) is 35.6 Å². The number of benzene rings is 2. The summed E-state index contributed by atoms with van der Waals surface area (Å²) in [6.07, 6.45) is -0.0107. The molecule has 1 atom stereocenters. The van der Waals surface area contributed by atoms with Gasteiger partial charge in [0.1, 0.15) is 23.0 Å². The number of amides is 1. The quantitative estimate of drug-likeness (QED) is 0.345. The smallest absolute Gasteiger partial charge is 0.268 e. The maximum absolute atomic E-state index is 14.4. The highest BCUT2D eigenvalue weighted by Crippen LogP contribution is 2.25. The lowest BCUT2D eigenvalue weighted by Gasteiger charge is -2.14. The van der Waals surface area contributed by atoms with Crippen molar-refractivity contribution in [3.8, 4) is 16.9 Å². The van der Waals surface area contributed by atoms with Gasteiger partial charge in [0.15, 0.2) is 4.96 Å². The van der Waals surface area contributed by atoms with Gasteiger partial charge in [-0.2, -0.15) is 5.10 Å². The van der Waals surface area contributed by atoms with Crippen LogP contribution in [0, 0.1) is 25.5 Å². The van der Waals surface area contributed by atoms with E-state index < -0.39 is 11.6 Å². The van der Waals surface area contributed by atoms with Crippen molar-refractivity contribution in [1.82, 2.24) is 24.5 Å². The standard InChI is InChI=1S/C27H23F2N5O2S/c1-15-11-22(32-34(15)23-12-19(28)9-10-21(23)29)25-17(3)31-27-33(26(25)36)20(14-37-27)13-24(35)30-16(2)18-7-5-4-6-8-18/h4-12,14,16H,13H2,1-3H3,(H,30,35)/t16-/m1/s1. The molecule has 0 aliphatic rings. The average Bonchev–Trinajstić information content (AvgIpc) is 3.44. The number of halogens is 2. The van der Waals surface area contributed by atoms with Crippen LogP contribution in [-0.4, -0.2) is 25.1 Å². The Morgan fingerprint density at radius 2 is 1.86 bits per heavy atom. The fraction of sp³-hybridized carbons (Fsp3) is 0.185. The summed E-state index contributed by atoms with van der Waals surface area (Å²) in [5.74, 6) is -1.47. The highest BCUT2D eigenvalue weighted by molar-refractivity contribution is 7.15. The molecule has 0 aliphatic carbocycles. The van der Waals surface area contributed by atoms with E-state index in [4.69, 9.17) is 0 Å². The third-order valence-corrected chi connectivity index (χ3v) is 6.99.